The topological polar surface area (TPSA) is 96.3 Å². The van der Waals surface area contributed by atoms with E-state index >= 15 is 0 Å². The van der Waals surface area contributed by atoms with Crippen molar-refractivity contribution in [1.29, 1.82) is 0 Å². The fraction of sp³-hybridized carbons (Fsp3) is 0.250. The average molecular weight is 659 g/mol. The summed E-state index contributed by atoms with van der Waals surface area (Å²) in [7, 11) is 1.51. The Morgan fingerprint density at radius 1 is 0.978 bits per heavy atom. The van der Waals surface area contributed by atoms with Crippen LogP contribution in [0, 0.1) is 0 Å². The minimum absolute atomic E-state index is 0.0323. The number of rotatable bonds is 6. The van der Waals surface area contributed by atoms with Gasteiger partial charge in [-0.2, -0.15) is 13.2 Å². The first kappa shape index (κ1) is 32.1. The highest BCUT2D eigenvalue weighted by molar-refractivity contribution is 6.42. The maximum atomic E-state index is 14.1. The fourth-order valence-corrected chi connectivity index (χ4v) is 5.50. The Bertz CT molecular complexity index is 1830. The molecule has 0 saturated heterocycles. The molecule has 0 spiro atoms. The summed E-state index contributed by atoms with van der Waals surface area (Å²) < 4.78 is 40.8. The summed E-state index contributed by atoms with van der Waals surface area (Å²) >= 11 is 12.2. The Balaban J connectivity index is 1.56. The third kappa shape index (κ3) is 6.55. The van der Waals surface area contributed by atoms with Gasteiger partial charge in [-0.05, 0) is 80.4 Å². The molecular formula is C32H28Cl2F3N5O3. The number of nitrogens with one attached hydrogen (secondary N) is 2. The van der Waals surface area contributed by atoms with Gasteiger partial charge in [0.2, 0.25) is 5.95 Å². The van der Waals surface area contributed by atoms with Crippen LogP contribution in [-0.2, 0) is 19.1 Å². The number of benzene rings is 3. The Kier molecular flexibility index (Phi) is 8.95. The molecule has 8 nitrogen and oxygen atoms in total. The number of alkyl halides is 3. The van der Waals surface area contributed by atoms with Gasteiger partial charge in [0, 0.05) is 29.8 Å². The van der Waals surface area contributed by atoms with E-state index in [-0.39, 0.29) is 47.4 Å². The van der Waals surface area contributed by atoms with Crippen molar-refractivity contribution >= 4 is 41.0 Å². The van der Waals surface area contributed by atoms with Crippen molar-refractivity contribution in [3.05, 3.63) is 121 Å². The van der Waals surface area contributed by atoms with E-state index in [0.29, 0.717) is 38.7 Å². The van der Waals surface area contributed by atoms with E-state index in [1.807, 2.05) is 6.92 Å². The molecule has 2 amide bonds. The second-order valence-electron chi connectivity index (χ2n) is 10.7. The molecule has 2 atom stereocenters. The largest absolute Gasteiger partial charge is 0.416 e. The van der Waals surface area contributed by atoms with Crippen LogP contribution in [0.15, 0.2) is 71.5 Å². The van der Waals surface area contributed by atoms with Crippen LogP contribution in [0.25, 0.3) is 5.69 Å². The van der Waals surface area contributed by atoms with Crippen molar-refractivity contribution in [3.63, 3.8) is 0 Å². The van der Waals surface area contributed by atoms with E-state index in [1.54, 1.807) is 42.2 Å². The van der Waals surface area contributed by atoms with Crippen LogP contribution in [0.2, 0.25) is 10.0 Å². The summed E-state index contributed by atoms with van der Waals surface area (Å²) in [6.07, 6.45) is -4.26. The third-order valence-corrected chi connectivity index (χ3v) is 8.48. The molecule has 0 aliphatic carbocycles. The summed E-state index contributed by atoms with van der Waals surface area (Å²) in [5.41, 5.74) is 1.32. The van der Waals surface area contributed by atoms with Crippen molar-refractivity contribution in [2.75, 3.05) is 12.4 Å². The summed E-state index contributed by atoms with van der Waals surface area (Å²) in [6, 6.07) is 14.8. The number of nitrogens with zero attached hydrogens (tertiary/aromatic N) is 3. The highest BCUT2D eigenvalue weighted by Crippen LogP contribution is 2.31. The van der Waals surface area contributed by atoms with Gasteiger partial charge >= 0.3 is 6.18 Å². The highest BCUT2D eigenvalue weighted by atomic mass is 35.5. The summed E-state index contributed by atoms with van der Waals surface area (Å²) in [6.45, 7) is 3.60. The standard InChI is InChI=1S/C32H28Cl2F3N5O3/c1-17-14-24-27(16-41(17)29(44)21-8-13-25(33)26(34)15-21)40-31(39-18(2)19-4-9-22(10-5-19)32(35,36)37)42(30(24)45)23-11-6-20(7-12-23)28(43)38-3/h4-13,15,17-18H,14,16H2,1-3H3,(H,38,43)(H,39,40)/t17-,18?/m1/s1. The smallest absolute Gasteiger partial charge is 0.355 e. The minimum atomic E-state index is -4.48. The summed E-state index contributed by atoms with van der Waals surface area (Å²) in [5, 5.41) is 6.28. The van der Waals surface area contributed by atoms with Gasteiger partial charge in [0.05, 0.1) is 39.6 Å². The number of aromatic nitrogens is 2. The first-order chi connectivity index (χ1) is 21.3. The predicted octanol–water partition coefficient (Wildman–Crippen LogP) is 6.68. The van der Waals surface area contributed by atoms with Gasteiger partial charge < -0.3 is 15.5 Å². The molecule has 0 bridgehead atoms. The molecule has 45 heavy (non-hydrogen) atoms. The molecule has 13 heteroatoms. The molecule has 1 aliphatic rings. The lowest BCUT2D eigenvalue weighted by Gasteiger charge is -2.35. The molecule has 1 aliphatic heterocycles. The zero-order chi connectivity index (χ0) is 32.6. The lowest BCUT2D eigenvalue weighted by Crippen LogP contribution is -2.46. The van der Waals surface area contributed by atoms with Gasteiger partial charge in [0.1, 0.15) is 0 Å². The maximum absolute atomic E-state index is 14.1. The van der Waals surface area contributed by atoms with E-state index in [4.69, 9.17) is 28.2 Å². The number of carbonyl (C=O) groups excluding carboxylic acids is 2. The van der Waals surface area contributed by atoms with E-state index < -0.39 is 17.8 Å². The van der Waals surface area contributed by atoms with Crippen LogP contribution in [0.1, 0.15) is 63.0 Å². The van der Waals surface area contributed by atoms with Gasteiger partial charge in [-0.25, -0.2) is 9.55 Å². The van der Waals surface area contributed by atoms with Gasteiger partial charge in [-0.1, -0.05) is 35.3 Å². The zero-order valence-corrected chi connectivity index (χ0v) is 25.9. The lowest BCUT2D eigenvalue weighted by atomic mass is 9.98. The quantitative estimate of drug-likeness (QED) is 0.241. The van der Waals surface area contributed by atoms with E-state index in [1.165, 1.54) is 35.9 Å². The first-order valence-electron chi connectivity index (χ1n) is 14.0. The van der Waals surface area contributed by atoms with Crippen molar-refractivity contribution in [2.24, 2.45) is 0 Å². The van der Waals surface area contributed by atoms with Gasteiger partial charge in [-0.3, -0.25) is 14.4 Å². The van der Waals surface area contributed by atoms with Crippen molar-refractivity contribution in [3.8, 4) is 5.69 Å². The number of anilines is 1. The number of halogens is 5. The molecule has 5 rings (SSSR count). The van der Waals surface area contributed by atoms with Crippen LogP contribution in [0.3, 0.4) is 0 Å². The van der Waals surface area contributed by atoms with Crippen molar-refractivity contribution in [2.45, 2.75) is 45.1 Å². The van der Waals surface area contributed by atoms with Gasteiger partial charge in [-0.15, -0.1) is 0 Å². The Morgan fingerprint density at radius 3 is 2.22 bits per heavy atom. The second kappa shape index (κ2) is 12.6. The molecule has 4 aromatic rings. The van der Waals surface area contributed by atoms with E-state index in [9.17, 15) is 27.6 Å². The van der Waals surface area contributed by atoms with Crippen LogP contribution >= 0.6 is 23.2 Å². The molecule has 1 aromatic heterocycles. The molecule has 3 aromatic carbocycles. The van der Waals surface area contributed by atoms with Crippen LogP contribution in [-0.4, -0.2) is 39.4 Å². The third-order valence-electron chi connectivity index (χ3n) is 7.74. The highest BCUT2D eigenvalue weighted by Gasteiger charge is 2.33. The molecule has 2 heterocycles. The molecule has 2 N–H and O–H groups in total. The zero-order valence-electron chi connectivity index (χ0n) is 24.4. The Hall–Kier alpha value is -4.35. The van der Waals surface area contributed by atoms with Crippen LogP contribution in [0.4, 0.5) is 19.1 Å². The SMILES string of the molecule is CNC(=O)c1ccc(-n2c(NC(C)c3ccc(C(F)(F)F)cc3)nc3c(c2=O)C[C@@H](C)N(C(=O)c2ccc(Cl)c(Cl)c2)C3)cc1. The van der Waals surface area contributed by atoms with Crippen LogP contribution in [0.5, 0.6) is 0 Å². The Morgan fingerprint density at radius 2 is 1.62 bits per heavy atom. The fourth-order valence-electron chi connectivity index (χ4n) is 5.21. The predicted molar refractivity (Wildman–Crippen MR) is 166 cm³/mol. The van der Waals surface area contributed by atoms with E-state index in [2.05, 4.69) is 10.6 Å². The van der Waals surface area contributed by atoms with Gasteiger partial charge in [0.15, 0.2) is 0 Å². The maximum Gasteiger partial charge on any atom is 0.416 e. The molecule has 0 saturated carbocycles. The Labute approximate surface area is 266 Å². The van der Waals surface area contributed by atoms with Crippen LogP contribution < -0.4 is 16.2 Å². The summed E-state index contributed by atoms with van der Waals surface area (Å²) in [5.74, 6) is -0.488. The van der Waals surface area contributed by atoms with Crippen molar-refractivity contribution in [1.82, 2.24) is 19.8 Å². The number of hydrogen-bond acceptors (Lipinski definition) is 5. The van der Waals surface area contributed by atoms with Crippen molar-refractivity contribution < 1.29 is 22.8 Å². The first-order valence-corrected chi connectivity index (χ1v) is 14.7. The number of amides is 2. The van der Waals surface area contributed by atoms with E-state index in [0.717, 1.165) is 12.1 Å². The number of fused-ring (bicyclic) bond motifs is 1. The lowest BCUT2D eigenvalue weighted by molar-refractivity contribution is -0.137. The minimum Gasteiger partial charge on any atom is -0.355 e. The average Bonchev–Trinajstić information content (AvgIpc) is 3.01. The molecule has 1 unspecified atom stereocenters. The number of carbonyl (C=O) groups is 2. The molecular weight excluding hydrogens is 630 g/mol. The van der Waals surface area contributed by atoms with Gasteiger partial charge in [0.25, 0.3) is 17.4 Å². The summed E-state index contributed by atoms with van der Waals surface area (Å²) in [4.78, 5) is 46.1. The second-order valence-corrected chi connectivity index (χ2v) is 11.5. The molecule has 234 valence electrons. The molecule has 0 radical (unpaired) electrons. The molecule has 0 fully saturated rings. The number of hydrogen-bond donors (Lipinski definition) is 2. The monoisotopic (exact) mass is 657 g/mol. The normalized spacial score (nSPS) is 15.3.